The van der Waals surface area contributed by atoms with Gasteiger partial charge in [0.15, 0.2) is 5.76 Å². The Morgan fingerprint density at radius 2 is 2.00 bits per heavy atom. The zero-order chi connectivity index (χ0) is 9.52. The van der Waals surface area contributed by atoms with E-state index in [1.54, 1.807) is 6.92 Å². The molecule has 0 atom stereocenters. The quantitative estimate of drug-likeness (QED) is 0.492. The topological polar surface area (TPSA) is 9.23 Å². The summed E-state index contributed by atoms with van der Waals surface area (Å²) in [5.41, 5.74) is 0. The van der Waals surface area contributed by atoms with Gasteiger partial charge in [-0.05, 0) is 38.0 Å². The summed E-state index contributed by atoms with van der Waals surface area (Å²) < 4.78 is 5.49. The molecule has 0 aromatic heterocycles. The van der Waals surface area contributed by atoms with Crippen LogP contribution in [0, 0.1) is 11.8 Å². The third-order valence-electron chi connectivity index (χ3n) is 1.48. The molecule has 1 aromatic rings. The number of ether oxygens (including phenoxy) is 1. The van der Waals surface area contributed by atoms with Gasteiger partial charge >= 0.3 is 0 Å². The van der Waals surface area contributed by atoms with Gasteiger partial charge in [-0.25, -0.2) is 0 Å². The highest BCUT2D eigenvalue weighted by Gasteiger charge is 1.93. The Morgan fingerprint density at radius 1 is 1.31 bits per heavy atom. The lowest BCUT2D eigenvalue weighted by Gasteiger charge is -2.02. The van der Waals surface area contributed by atoms with Gasteiger partial charge in [0.2, 0.25) is 0 Å². The first-order valence-corrected chi connectivity index (χ1v) is 4.18. The minimum atomic E-state index is 0.689. The molecular weight excluding hydrogens is 160 g/mol. The maximum absolute atomic E-state index is 5.49. The lowest BCUT2D eigenvalue weighted by atomic mass is 10.3. The molecule has 1 nitrogen and oxygen atoms in total. The normalized spacial score (nSPS) is 10.2. The fourth-order valence-electron chi connectivity index (χ4n) is 0.895. The average molecular weight is 172 g/mol. The van der Waals surface area contributed by atoms with Gasteiger partial charge in [0.05, 0.1) is 0 Å². The molecule has 1 aromatic carbocycles. The predicted molar refractivity (Wildman–Crippen MR) is 54.3 cm³/mol. The fraction of sp³-hybridized carbons (Fsp3) is 0.167. The van der Waals surface area contributed by atoms with Crippen LogP contribution >= 0.6 is 0 Å². The largest absolute Gasteiger partial charge is 0.449 e. The molecule has 0 saturated heterocycles. The van der Waals surface area contributed by atoms with E-state index in [2.05, 4.69) is 11.8 Å². The van der Waals surface area contributed by atoms with Crippen LogP contribution in [0.1, 0.15) is 13.8 Å². The molecule has 13 heavy (non-hydrogen) atoms. The first-order valence-electron chi connectivity index (χ1n) is 4.18. The molecule has 0 heterocycles. The minimum Gasteiger partial charge on any atom is -0.449 e. The van der Waals surface area contributed by atoms with Gasteiger partial charge in [-0.2, -0.15) is 0 Å². The van der Waals surface area contributed by atoms with Crippen molar-refractivity contribution < 1.29 is 4.74 Å². The highest BCUT2D eigenvalue weighted by molar-refractivity contribution is 5.29. The SMILES string of the molecule is CC#C/C(=C/C)Oc1ccccc1. The number of rotatable bonds is 2. The van der Waals surface area contributed by atoms with Gasteiger partial charge in [0, 0.05) is 0 Å². The number of hydrogen-bond acceptors (Lipinski definition) is 1. The zero-order valence-corrected chi connectivity index (χ0v) is 7.87. The van der Waals surface area contributed by atoms with E-state index in [9.17, 15) is 0 Å². The van der Waals surface area contributed by atoms with Crippen molar-refractivity contribution >= 4 is 0 Å². The van der Waals surface area contributed by atoms with E-state index in [1.807, 2.05) is 43.3 Å². The highest BCUT2D eigenvalue weighted by Crippen LogP contribution is 2.11. The first kappa shape index (κ1) is 9.41. The van der Waals surface area contributed by atoms with Crippen LogP contribution in [0.15, 0.2) is 42.2 Å². The van der Waals surface area contributed by atoms with Crippen molar-refractivity contribution in [2.45, 2.75) is 13.8 Å². The highest BCUT2D eigenvalue weighted by atomic mass is 16.5. The molecule has 66 valence electrons. The van der Waals surface area contributed by atoms with Gasteiger partial charge in [-0.1, -0.05) is 24.1 Å². The van der Waals surface area contributed by atoms with E-state index in [1.165, 1.54) is 0 Å². The van der Waals surface area contributed by atoms with E-state index in [0.29, 0.717) is 5.76 Å². The fourth-order valence-corrected chi connectivity index (χ4v) is 0.895. The minimum absolute atomic E-state index is 0.689. The second-order valence-corrected chi connectivity index (χ2v) is 2.44. The molecule has 1 rings (SSSR count). The third kappa shape index (κ3) is 3.04. The summed E-state index contributed by atoms with van der Waals surface area (Å²) in [6, 6.07) is 9.62. The summed E-state index contributed by atoms with van der Waals surface area (Å²) in [4.78, 5) is 0. The van der Waals surface area contributed by atoms with Crippen molar-refractivity contribution in [1.29, 1.82) is 0 Å². The molecule has 0 saturated carbocycles. The second-order valence-electron chi connectivity index (χ2n) is 2.44. The van der Waals surface area contributed by atoms with E-state index in [0.717, 1.165) is 5.75 Å². The summed E-state index contributed by atoms with van der Waals surface area (Å²) in [5.74, 6) is 7.17. The lowest BCUT2D eigenvalue weighted by molar-refractivity contribution is 0.449. The van der Waals surface area contributed by atoms with Crippen LogP contribution in [0.3, 0.4) is 0 Å². The molecule has 0 bridgehead atoms. The van der Waals surface area contributed by atoms with Gasteiger partial charge in [0.1, 0.15) is 5.75 Å². The van der Waals surface area contributed by atoms with Crippen LogP contribution in [0.5, 0.6) is 5.75 Å². The van der Waals surface area contributed by atoms with E-state index < -0.39 is 0 Å². The molecule has 0 aliphatic heterocycles. The van der Waals surface area contributed by atoms with Crippen molar-refractivity contribution in [2.24, 2.45) is 0 Å². The average Bonchev–Trinajstić information content (AvgIpc) is 2.19. The Balaban J connectivity index is 2.72. The summed E-state index contributed by atoms with van der Waals surface area (Å²) >= 11 is 0. The molecule has 0 radical (unpaired) electrons. The Kier molecular flexibility index (Phi) is 3.66. The summed E-state index contributed by atoms with van der Waals surface area (Å²) in [7, 11) is 0. The number of hydrogen-bond donors (Lipinski definition) is 0. The van der Waals surface area contributed by atoms with Crippen LogP contribution in [0.2, 0.25) is 0 Å². The Hall–Kier alpha value is -1.68. The summed E-state index contributed by atoms with van der Waals surface area (Å²) in [6.45, 7) is 3.69. The monoisotopic (exact) mass is 172 g/mol. The molecule has 0 unspecified atom stereocenters. The molecule has 0 fully saturated rings. The van der Waals surface area contributed by atoms with Gasteiger partial charge in [-0.15, -0.1) is 0 Å². The van der Waals surface area contributed by atoms with Crippen molar-refractivity contribution in [3.05, 3.63) is 42.2 Å². The standard InChI is InChI=1S/C12H12O/c1-3-8-11(4-2)13-12-9-6-5-7-10-12/h4-7,9-10H,1-2H3/b11-4-. The summed E-state index contributed by atoms with van der Waals surface area (Å²) in [6.07, 6.45) is 1.85. The molecular formula is C12H12O. The van der Waals surface area contributed by atoms with E-state index in [4.69, 9.17) is 4.74 Å². The van der Waals surface area contributed by atoms with Crippen molar-refractivity contribution in [2.75, 3.05) is 0 Å². The van der Waals surface area contributed by atoms with Crippen LogP contribution < -0.4 is 4.74 Å². The van der Waals surface area contributed by atoms with Gasteiger partial charge in [0.25, 0.3) is 0 Å². The molecule has 0 amide bonds. The predicted octanol–water partition coefficient (Wildman–Crippen LogP) is 2.99. The van der Waals surface area contributed by atoms with Crippen LogP contribution in [0.4, 0.5) is 0 Å². The Labute approximate surface area is 79.0 Å². The van der Waals surface area contributed by atoms with E-state index in [-0.39, 0.29) is 0 Å². The Bertz CT molecular complexity index is 338. The molecule has 0 aliphatic rings. The lowest BCUT2D eigenvalue weighted by Crippen LogP contribution is -1.91. The molecule has 0 aliphatic carbocycles. The van der Waals surface area contributed by atoms with Crippen LogP contribution in [-0.2, 0) is 0 Å². The maximum Gasteiger partial charge on any atom is 0.173 e. The van der Waals surface area contributed by atoms with Crippen molar-refractivity contribution in [1.82, 2.24) is 0 Å². The van der Waals surface area contributed by atoms with Gasteiger partial charge < -0.3 is 4.74 Å². The second kappa shape index (κ2) is 5.05. The number of benzene rings is 1. The molecule has 0 spiro atoms. The van der Waals surface area contributed by atoms with Crippen molar-refractivity contribution in [3.8, 4) is 17.6 Å². The molecule has 0 N–H and O–H groups in total. The van der Waals surface area contributed by atoms with Gasteiger partial charge in [-0.3, -0.25) is 0 Å². The number of allylic oxidation sites excluding steroid dienone is 2. The smallest absolute Gasteiger partial charge is 0.173 e. The number of para-hydroxylation sites is 1. The maximum atomic E-state index is 5.49. The summed E-state index contributed by atoms with van der Waals surface area (Å²) in [5, 5.41) is 0. The molecule has 1 heteroatoms. The zero-order valence-electron chi connectivity index (χ0n) is 7.87. The van der Waals surface area contributed by atoms with Crippen LogP contribution in [0.25, 0.3) is 0 Å². The third-order valence-corrected chi connectivity index (χ3v) is 1.48. The van der Waals surface area contributed by atoms with Crippen LogP contribution in [-0.4, -0.2) is 0 Å². The van der Waals surface area contributed by atoms with E-state index >= 15 is 0 Å². The Morgan fingerprint density at radius 3 is 2.54 bits per heavy atom. The van der Waals surface area contributed by atoms with Crippen molar-refractivity contribution in [3.63, 3.8) is 0 Å². The first-order chi connectivity index (χ1) is 6.36.